The quantitative estimate of drug-likeness (QED) is 0.821. The van der Waals surface area contributed by atoms with Crippen LogP contribution in [0.3, 0.4) is 0 Å². The summed E-state index contributed by atoms with van der Waals surface area (Å²) in [6, 6.07) is 5.44. The summed E-state index contributed by atoms with van der Waals surface area (Å²) in [5, 5.41) is 2.33. The highest BCUT2D eigenvalue weighted by molar-refractivity contribution is 7.79. The average molecular weight is 244 g/mol. The van der Waals surface area contributed by atoms with Gasteiger partial charge in [0.1, 0.15) is 0 Å². The Labute approximate surface area is 95.1 Å². The van der Waals surface area contributed by atoms with Crippen LogP contribution in [0.5, 0.6) is 0 Å². The van der Waals surface area contributed by atoms with Crippen molar-refractivity contribution in [3.63, 3.8) is 0 Å². The lowest BCUT2D eigenvalue weighted by Crippen LogP contribution is -2.32. The van der Waals surface area contributed by atoms with E-state index in [1.165, 1.54) is 24.3 Å². The zero-order valence-electron chi connectivity index (χ0n) is 8.82. The molecule has 0 bridgehead atoms. The van der Waals surface area contributed by atoms with E-state index in [1.807, 2.05) is 0 Å². The van der Waals surface area contributed by atoms with Crippen molar-refractivity contribution >= 4 is 22.7 Å². The van der Waals surface area contributed by atoms with Crippen LogP contribution in [0.15, 0.2) is 29.2 Å². The molecule has 0 aliphatic carbocycles. The number of rotatable bonds is 3. The van der Waals surface area contributed by atoms with E-state index in [4.69, 9.17) is 0 Å². The maximum Gasteiger partial charge on any atom is 0.261 e. The normalized spacial score (nSPS) is 13.2. The molecule has 4 nitrogen and oxygen atoms in total. The van der Waals surface area contributed by atoms with Crippen LogP contribution in [-0.2, 0) is 15.9 Å². The standard InChI is InChI=1S/C10H12FNO3S/c1-10(2,11)9(13)12-7-3-5-8(6-4-7)16(14)15/h3-6H,1-2H3,(H,12,13)(H,14,15)/p-1. The third-order valence-corrected chi connectivity index (χ3v) is 2.50. The van der Waals surface area contributed by atoms with Gasteiger partial charge in [-0.15, -0.1) is 0 Å². The van der Waals surface area contributed by atoms with Crippen LogP contribution in [0.1, 0.15) is 13.8 Å². The molecule has 6 heteroatoms. The van der Waals surface area contributed by atoms with Gasteiger partial charge in [0.2, 0.25) is 0 Å². The Balaban J connectivity index is 2.77. The Kier molecular flexibility index (Phi) is 3.77. The first kappa shape index (κ1) is 12.8. The second-order valence-electron chi connectivity index (χ2n) is 3.69. The molecule has 0 spiro atoms. The Morgan fingerprint density at radius 1 is 1.38 bits per heavy atom. The molecule has 1 aromatic rings. The zero-order valence-corrected chi connectivity index (χ0v) is 9.64. The first-order valence-electron chi connectivity index (χ1n) is 4.50. The minimum Gasteiger partial charge on any atom is -0.768 e. The Bertz CT molecular complexity index is 411. The van der Waals surface area contributed by atoms with Gasteiger partial charge in [0.05, 0.1) is 0 Å². The summed E-state index contributed by atoms with van der Waals surface area (Å²) in [5.74, 6) is -0.775. The van der Waals surface area contributed by atoms with Gasteiger partial charge in [-0.25, -0.2) is 4.39 Å². The SMILES string of the molecule is CC(C)(F)C(=O)Nc1ccc(S(=O)[O-])cc1. The summed E-state index contributed by atoms with van der Waals surface area (Å²) in [7, 11) is 0. The highest BCUT2D eigenvalue weighted by atomic mass is 32.2. The minimum atomic E-state index is -2.30. The van der Waals surface area contributed by atoms with Crippen LogP contribution in [-0.4, -0.2) is 20.3 Å². The van der Waals surface area contributed by atoms with E-state index in [1.54, 1.807) is 0 Å². The fraction of sp³-hybridized carbons (Fsp3) is 0.300. The molecule has 0 radical (unpaired) electrons. The molecule has 0 aromatic heterocycles. The lowest BCUT2D eigenvalue weighted by Gasteiger charge is -2.14. The number of hydrogen-bond donors (Lipinski definition) is 1. The van der Waals surface area contributed by atoms with Crippen molar-refractivity contribution in [3.8, 4) is 0 Å². The average Bonchev–Trinajstić information content (AvgIpc) is 2.17. The van der Waals surface area contributed by atoms with Crippen molar-refractivity contribution in [2.24, 2.45) is 0 Å². The molecule has 0 fully saturated rings. The highest BCUT2D eigenvalue weighted by Crippen LogP contribution is 2.15. The predicted molar refractivity (Wildman–Crippen MR) is 57.4 cm³/mol. The zero-order chi connectivity index (χ0) is 12.3. The summed E-state index contributed by atoms with van der Waals surface area (Å²) in [5.41, 5.74) is -1.62. The minimum absolute atomic E-state index is 0.109. The van der Waals surface area contributed by atoms with Gasteiger partial charge in [-0.05, 0) is 49.2 Å². The number of amides is 1. The van der Waals surface area contributed by atoms with E-state index in [-0.39, 0.29) is 4.90 Å². The number of hydrogen-bond acceptors (Lipinski definition) is 3. The first-order chi connectivity index (χ1) is 7.30. The number of anilines is 1. The van der Waals surface area contributed by atoms with E-state index < -0.39 is 22.7 Å². The topological polar surface area (TPSA) is 69.2 Å². The fourth-order valence-corrected chi connectivity index (χ4v) is 1.29. The van der Waals surface area contributed by atoms with Crippen LogP contribution in [0.25, 0.3) is 0 Å². The largest absolute Gasteiger partial charge is 0.768 e. The van der Waals surface area contributed by atoms with Gasteiger partial charge >= 0.3 is 0 Å². The third-order valence-electron chi connectivity index (χ3n) is 1.84. The highest BCUT2D eigenvalue weighted by Gasteiger charge is 2.26. The molecule has 0 aliphatic heterocycles. The van der Waals surface area contributed by atoms with Gasteiger partial charge in [-0.3, -0.25) is 9.00 Å². The number of alkyl halides is 1. The predicted octanol–water partition coefficient (Wildman–Crippen LogP) is 1.61. The molecule has 1 unspecified atom stereocenters. The molecule has 1 aromatic carbocycles. The van der Waals surface area contributed by atoms with Gasteiger partial charge in [0, 0.05) is 10.6 Å². The molecule has 0 aliphatic rings. The fourth-order valence-electron chi connectivity index (χ4n) is 0.929. The van der Waals surface area contributed by atoms with Gasteiger partial charge in [0.15, 0.2) is 5.67 Å². The number of carbonyl (C=O) groups excluding carboxylic acids is 1. The third kappa shape index (κ3) is 3.39. The Morgan fingerprint density at radius 2 is 1.88 bits per heavy atom. The van der Waals surface area contributed by atoms with E-state index >= 15 is 0 Å². The molecule has 0 saturated heterocycles. The van der Waals surface area contributed by atoms with Crippen LogP contribution in [0.4, 0.5) is 10.1 Å². The summed E-state index contributed by atoms with van der Waals surface area (Å²) < 4.78 is 34.3. The van der Waals surface area contributed by atoms with E-state index in [9.17, 15) is 17.9 Å². The number of nitrogens with one attached hydrogen (secondary N) is 1. The van der Waals surface area contributed by atoms with Crippen LogP contribution < -0.4 is 5.32 Å². The van der Waals surface area contributed by atoms with Gasteiger partial charge in [0.25, 0.3) is 5.91 Å². The van der Waals surface area contributed by atoms with Crippen molar-refractivity contribution in [1.82, 2.24) is 0 Å². The molecule has 1 amide bonds. The monoisotopic (exact) mass is 244 g/mol. The van der Waals surface area contributed by atoms with Gasteiger partial charge < -0.3 is 9.87 Å². The smallest absolute Gasteiger partial charge is 0.261 e. The molecular formula is C10H11FNO3S-. The van der Waals surface area contributed by atoms with E-state index in [0.29, 0.717) is 5.69 Å². The molecular weight excluding hydrogens is 233 g/mol. The lowest BCUT2D eigenvalue weighted by atomic mass is 10.1. The van der Waals surface area contributed by atoms with E-state index in [0.717, 1.165) is 13.8 Å². The van der Waals surface area contributed by atoms with Crippen molar-refractivity contribution in [3.05, 3.63) is 24.3 Å². The molecule has 0 heterocycles. The Morgan fingerprint density at radius 3 is 2.25 bits per heavy atom. The molecule has 1 N–H and O–H groups in total. The maximum atomic E-state index is 13.2. The summed E-state index contributed by atoms with van der Waals surface area (Å²) in [4.78, 5) is 11.4. The number of benzene rings is 1. The van der Waals surface area contributed by atoms with Crippen molar-refractivity contribution < 1.29 is 17.9 Å². The number of halogens is 1. The van der Waals surface area contributed by atoms with Crippen molar-refractivity contribution in [2.45, 2.75) is 24.4 Å². The second-order valence-corrected chi connectivity index (χ2v) is 4.63. The van der Waals surface area contributed by atoms with Crippen LogP contribution >= 0.6 is 0 Å². The van der Waals surface area contributed by atoms with E-state index in [2.05, 4.69) is 5.32 Å². The first-order valence-corrected chi connectivity index (χ1v) is 5.58. The molecule has 0 saturated carbocycles. The van der Waals surface area contributed by atoms with Crippen LogP contribution in [0.2, 0.25) is 0 Å². The summed E-state index contributed by atoms with van der Waals surface area (Å²) in [6.07, 6.45) is 0. The summed E-state index contributed by atoms with van der Waals surface area (Å²) in [6.45, 7) is 2.28. The second kappa shape index (κ2) is 4.71. The maximum absolute atomic E-state index is 13.2. The van der Waals surface area contributed by atoms with Crippen molar-refractivity contribution in [1.29, 1.82) is 0 Å². The van der Waals surface area contributed by atoms with Gasteiger partial charge in [-0.1, -0.05) is 0 Å². The lowest BCUT2D eigenvalue weighted by molar-refractivity contribution is -0.125. The number of carbonyl (C=O) groups is 1. The van der Waals surface area contributed by atoms with Crippen LogP contribution in [0, 0.1) is 0 Å². The molecule has 88 valence electrons. The van der Waals surface area contributed by atoms with Crippen molar-refractivity contribution in [2.75, 3.05) is 5.32 Å². The molecule has 1 rings (SSSR count). The molecule has 16 heavy (non-hydrogen) atoms. The summed E-state index contributed by atoms with van der Waals surface area (Å²) >= 11 is -2.30. The van der Waals surface area contributed by atoms with Gasteiger partial charge in [-0.2, -0.15) is 0 Å². The Hall–Kier alpha value is -1.27. The molecule has 1 atom stereocenters.